The number of halogens is 2. The summed E-state index contributed by atoms with van der Waals surface area (Å²) in [7, 11) is 0. The van der Waals surface area contributed by atoms with Crippen LogP contribution in [0.2, 0.25) is 0 Å². The van der Waals surface area contributed by atoms with Crippen LogP contribution in [0.4, 0.5) is 0 Å². The van der Waals surface area contributed by atoms with Crippen molar-refractivity contribution in [1.82, 2.24) is 0 Å². The Hall–Kier alpha value is 0.782. The van der Waals surface area contributed by atoms with Gasteiger partial charge in [-0.2, -0.15) is 0 Å². The molecule has 36 valence electrons. The van der Waals surface area contributed by atoms with Crippen molar-refractivity contribution < 1.29 is 4.79 Å². The van der Waals surface area contributed by atoms with E-state index in [1.807, 2.05) is 0 Å². The largest absolute Gasteiger partial charge is 0.280 e. The predicted octanol–water partition coefficient (Wildman–Crippen LogP) is -0.193. The normalized spacial score (nSPS) is 6.33. The zero-order valence-corrected chi connectivity index (χ0v) is 3.88. The van der Waals surface area contributed by atoms with E-state index in [1.54, 1.807) is 0 Å². The molecule has 0 amide bonds. The fourth-order valence-corrected chi connectivity index (χ4v) is 0. The molecule has 0 heterocycles. The maximum atomic E-state index is 9.45. The van der Waals surface area contributed by atoms with Gasteiger partial charge >= 0.3 is 0 Å². The minimum Gasteiger partial charge on any atom is -0.280 e. The van der Waals surface area contributed by atoms with Crippen LogP contribution in [0.15, 0.2) is 0 Å². The summed E-state index contributed by atoms with van der Waals surface area (Å²) in [5.74, 6) is -0.0957. The lowest BCUT2D eigenvalue weighted by Crippen LogP contribution is -1.81. The Morgan fingerprint density at radius 1 is 1.67 bits per heavy atom. The summed E-state index contributed by atoms with van der Waals surface area (Å²) in [6.45, 7) is 0. The summed E-state index contributed by atoms with van der Waals surface area (Å²) in [4.78, 5) is 9.45. The van der Waals surface area contributed by atoms with Crippen molar-refractivity contribution in [3.05, 3.63) is 0 Å². The zero-order chi connectivity index (χ0) is 4.28. The fourth-order valence-electron chi connectivity index (χ4n) is 0. The molecule has 0 spiro atoms. The maximum Gasteiger partial charge on any atom is 0.236 e. The number of hydrogen-bond acceptors (Lipinski definition) is 1. The van der Waals surface area contributed by atoms with Crippen LogP contribution in [0, 0.1) is 0 Å². The van der Waals surface area contributed by atoms with Gasteiger partial charge in [0.15, 0.2) is 17.4 Å². The lowest BCUT2D eigenvalue weighted by Gasteiger charge is -1.65. The molecule has 0 rings (SSSR count). The summed E-state index contributed by atoms with van der Waals surface area (Å²) in [6.07, 6.45) is 0. The van der Waals surface area contributed by atoms with Gasteiger partial charge in [-0.05, 0) is 11.6 Å². The fraction of sp³-hybridized carbons (Fsp3) is 0.500. The summed E-state index contributed by atoms with van der Waals surface area (Å²) in [6, 6.07) is 0. The maximum absolute atomic E-state index is 9.45. The molecule has 0 aliphatic carbocycles. The molecule has 0 aromatic rings. The van der Waals surface area contributed by atoms with E-state index in [4.69, 9.17) is 23.2 Å². The van der Waals surface area contributed by atoms with Crippen LogP contribution in [0.3, 0.4) is 0 Å². The Balaban J connectivity index is 0. The molecule has 0 aromatic heterocycles. The first-order valence-corrected chi connectivity index (χ1v) is 1.93. The van der Waals surface area contributed by atoms with Crippen LogP contribution in [0.1, 0.15) is 0 Å². The third kappa shape index (κ3) is 8.84. The van der Waals surface area contributed by atoms with Crippen LogP contribution in [0.5, 0.6) is 0 Å². The molecule has 0 aliphatic heterocycles. The highest BCUT2D eigenvalue weighted by atomic mass is 35.5. The van der Waals surface area contributed by atoms with Gasteiger partial charge in [0.05, 0.1) is 5.88 Å². The van der Waals surface area contributed by atoms with Gasteiger partial charge < -0.3 is 0 Å². The van der Waals surface area contributed by atoms with E-state index in [-0.39, 0.29) is 23.2 Å². The Kier molecular flexibility index (Phi) is 9.56. The highest BCUT2D eigenvalue weighted by Gasteiger charge is 1.83. The minimum atomic E-state index is -0.508. The summed E-state index contributed by atoms with van der Waals surface area (Å²) >= 11 is 9.55. The van der Waals surface area contributed by atoms with Crippen LogP contribution in [-0.4, -0.2) is 28.5 Å². The van der Waals surface area contributed by atoms with Gasteiger partial charge in [0.25, 0.3) is 0 Å². The topological polar surface area (TPSA) is 17.1 Å². The monoisotopic (exact) mass is 142 g/mol. The van der Waals surface area contributed by atoms with E-state index in [9.17, 15) is 4.79 Å². The molecule has 0 bridgehead atoms. The summed E-state index contributed by atoms with van der Waals surface area (Å²) in [5.41, 5.74) is 0. The zero-order valence-electron chi connectivity index (χ0n) is 2.37. The number of carbonyl (C=O) groups is 1. The van der Waals surface area contributed by atoms with Gasteiger partial charge in [-0.15, -0.1) is 11.6 Å². The van der Waals surface area contributed by atoms with Crippen LogP contribution in [0.25, 0.3) is 0 Å². The predicted molar refractivity (Wildman–Crippen MR) is 31.5 cm³/mol. The average molecular weight is 143 g/mol. The van der Waals surface area contributed by atoms with Gasteiger partial charge in [0, 0.05) is 0 Å². The Morgan fingerprint density at radius 3 is 1.83 bits per heavy atom. The van der Waals surface area contributed by atoms with Gasteiger partial charge in [-0.3, -0.25) is 4.79 Å². The smallest absolute Gasteiger partial charge is 0.236 e. The van der Waals surface area contributed by atoms with Crippen molar-refractivity contribution in [2.75, 3.05) is 5.88 Å². The van der Waals surface area contributed by atoms with E-state index in [0.29, 0.717) is 0 Å². The molecule has 0 N–H and O–H groups in total. The van der Waals surface area contributed by atoms with E-state index < -0.39 is 5.24 Å². The van der Waals surface area contributed by atoms with Crippen LogP contribution in [-0.2, 0) is 4.79 Å². The molecule has 0 aromatic carbocycles. The Morgan fingerprint density at radius 2 is 1.83 bits per heavy atom. The molecule has 0 atom stereocenters. The molecular formula is C2H5AlCl2O. The van der Waals surface area contributed by atoms with Gasteiger partial charge in [0.2, 0.25) is 5.24 Å². The van der Waals surface area contributed by atoms with Gasteiger partial charge in [-0.1, -0.05) is 0 Å². The molecule has 0 radical (unpaired) electrons. The van der Waals surface area contributed by atoms with Gasteiger partial charge in [0.1, 0.15) is 0 Å². The molecule has 0 unspecified atom stereocenters. The number of rotatable bonds is 1. The summed E-state index contributed by atoms with van der Waals surface area (Å²) in [5, 5.41) is -0.508. The number of hydrogen-bond donors (Lipinski definition) is 0. The Bertz CT molecular complexity index is 46.8. The number of alkyl halides is 1. The molecular weight excluding hydrogens is 138 g/mol. The number of carbonyl (C=O) groups excluding carboxylic acids is 1. The highest BCUT2D eigenvalue weighted by molar-refractivity contribution is 6.67. The van der Waals surface area contributed by atoms with Crippen molar-refractivity contribution in [2.24, 2.45) is 0 Å². The van der Waals surface area contributed by atoms with E-state index in [1.165, 1.54) is 0 Å². The van der Waals surface area contributed by atoms with E-state index >= 15 is 0 Å². The second-order valence-electron chi connectivity index (χ2n) is 0.489. The first-order chi connectivity index (χ1) is 2.27. The second-order valence-corrected chi connectivity index (χ2v) is 1.18. The SMILES string of the molecule is O=C(Cl)CCl.[AlH3]. The Labute approximate surface area is 56.7 Å². The van der Waals surface area contributed by atoms with Crippen LogP contribution >= 0.6 is 23.2 Å². The molecule has 6 heavy (non-hydrogen) atoms. The standard InChI is InChI=1S/C2H2Cl2O.Al.3H/c3-1-2(4)5;;;;/h1H2;;;;. The molecule has 0 fully saturated rings. The van der Waals surface area contributed by atoms with Crippen molar-refractivity contribution >= 4 is 45.8 Å². The lowest BCUT2D eigenvalue weighted by atomic mass is 10.9. The van der Waals surface area contributed by atoms with E-state index in [0.717, 1.165) is 0 Å². The second kappa shape index (κ2) is 5.78. The first kappa shape index (κ1) is 9.92. The van der Waals surface area contributed by atoms with Crippen molar-refractivity contribution in [3.8, 4) is 0 Å². The molecule has 0 saturated heterocycles. The minimum absolute atomic E-state index is 0. The van der Waals surface area contributed by atoms with Crippen molar-refractivity contribution in [3.63, 3.8) is 0 Å². The van der Waals surface area contributed by atoms with Gasteiger partial charge in [-0.25, -0.2) is 0 Å². The third-order valence-corrected chi connectivity index (χ3v) is 0.618. The molecule has 0 saturated carbocycles. The lowest BCUT2D eigenvalue weighted by molar-refractivity contribution is -0.109. The molecule has 4 heteroatoms. The average Bonchev–Trinajstić information content (AvgIpc) is 1.38. The first-order valence-electron chi connectivity index (χ1n) is 1.01. The quantitative estimate of drug-likeness (QED) is 0.282. The van der Waals surface area contributed by atoms with Crippen molar-refractivity contribution in [1.29, 1.82) is 0 Å². The van der Waals surface area contributed by atoms with Crippen LogP contribution < -0.4 is 0 Å². The molecule has 0 aliphatic rings. The highest BCUT2D eigenvalue weighted by Crippen LogP contribution is 1.80. The third-order valence-electron chi connectivity index (χ3n) is 0.105. The summed E-state index contributed by atoms with van der Waals surface area (Å²) < 4.78 is 0. The van der Waals surface area contributed by atoms with Crippen molar-refractivity contribution in [2.45, 2.75) is 0 Å². The van der Waals surface area contributed by atoms with E-state index in [2.05, 4.69) is 0 Å². The molecule has 1 nitrogen and oxygen atoms in total.